The average Bonchev–Trinajstić information content (AvgIpc) is 2.80. The molecule has 1 unspecified atom stereocenters. The molecule has 1 aromatic heterocycles. The molecule has 0 aromatic carbocycles. The highest BCUT2D eigenvalue weighted by molar-refractivity contribution is 7.09. The van der Waals surface area contributed by atoms with E-state index in [1.54, 1.807) is 11.3 Å². The van der Waals surface area contributed by atoms with Crippen molar-refractivity contribution in [1.82, 2.24) is 5.43 Å². The highest BCUT2D eigenvalue weighted by Gasteiger charge is 2.17. The van der Waals surface area contributed by atoms with Crippen LogP contribution in [0.3, 0.4) is 0 Å². The molecule has 0 radical (unpaired) electrons. The largest absolute Gasteiger partial charge is 0.381 e. The minimum absolute atomic E-state index is 0.202. The van der Waals surface area contributed by atoms with Gasteiger partial charge in [-0.3, -0.25) is 10.2 Å². The number of carbonyl (C=O) groups excluding carboxylic acids is 1. The summed E-state index contributed by atoms with van der Waals surface area (Å²) in [5.41, 5.74) is 2.05. The van der Waals surface area contributed by atoms with Gasteiger partial charge < -0.3 is 9.47 Å². The molecule has 1 rings (SSSR count). The van der Waals surface area contributed by atoms with Crippen LogP contribution < -0.4 is 11.3 Å². The van der Waals surface area contributed by atoms with Crippen LogP contribution in [0.5, 0.6) is 0 Å². The van der Waals surface area contributed by atoms with E-state index < -0.39 is 6.10 Å². The van der Waals surface area contributed by atoms with Crippen molar-refractivity contribution < 1.29 is 14.3 Å². The number of hydrazine groups is 1. The molecule has 1 amide bonds. The summed E-state index contributed by atoms with van der Waals surface area (Å²) in [4.78, 5) is 12.5. The van der Waals surface area contributed by atoms with Crippen LogP contribution in [-0.4, -0.2) is 32.3 Å². The number of methoxy groups -OCH3 is 1. The van der Waals surface area contributed by atoms with Crippen molar-refractivity contribution in [3.05, 3.63) is 22.4 Å². The van der Waals surface area contributed by atoms with E-state index in [1.165, 1.54) is 12.0 Å². The number of carbonyl (C=O) groups is 1. The van der Waals surface area contributed by atoms with Gasteiger partial charge in [-0.15, -0.1) is 11.3 Å². The number of rotatable bonds is 7. The van der Waals surface area contributed by atoms with E-state index >= 15 is 0 Å². The number of nitrogens with two attached hydrogens (primary N) is 1. The Hall–Kier alpha value is -0.950. The van der Waals surface area contributed by atoms with Crippen molar-refractivity contribution in [2.75, 3.05) is 20.3 Å². The first-order chi connectivity index (χ1) is 7.77. The standard InChI is InChI=1S/C10H16N2O3S/c1-14-7-9(10(13)12-11)15-5-4-8-3-2-6-16-8/h2-3,6,9H,4-5,7,11H2,1H3,(H,12,13). The quantitative estimate of drug-likeness (QED) is 0.411. The molecule has 6 heteroatoms. The van der Waals surface area contributed by atoms with Crippen LogP contribution in [-0.2, 0) is 20.7 Å². The maximum absolute atomic E-state index is 11.3. The van der Waals surface area contributed by atoms with Gasteiger partial charge in [0.2, 0.25) is 0 Å². The topological polar surface area (TPSA) is 73.6 Å². The molecule has 1 heterocycles. The molecule has 90 valence electrons. The lowest BCUT2D eigenvalue weighted by atomic mass is 10.3. The van der Waals surface area contributed by atoms with E-state index in [9.17, 15) is 4.79 Å². The van der Waals surface area contributed by atoms with Crippen LogP contribution in [0.2, 0.25) is 0 Å². The van der Waals surface area contributed by atoms with Crippen molar-refractivity contribution in [2.45, 2.75) is 12.5 Å². The zero-order valence-electron chi connectivity index (χ0n) is 9.14. The summed E-state index contributed by atoms with van der Waals surface area (Å²) in [6.45, 7) is 0.676. The Morgan fingerprint density at radius 3 is 3.06 bits per heavy atom. The molecule has 0 aliphatic heterocycles. The predicted octanol–water partition coefficient (Wildman–Crippen LogP) is 0.312. The predicted molar refractivity (Wildman–Crippen MR) is 62.0 cm³/mol. The van der Waals surface area contributed by atoms with Crippen molar-refractivity contribution in [3.63, 3.8) is 0 Å². The van der Waals surface area contributed by atoms with Crippen LogP contribution >= 0.6 is 11.3 Å². The summed E-state index contributed by atoms with van der Waals surface area (Å²) in [5.74, 6) is 4.67. The van der Waals surface area contributed by atoms with E-state index in [-0.39, 0.29) is 12.5 Å². The number of thiophene rings is 1. The third kappa shape index (κ3) is 4.28. The maximum atomic E-state index is 11.3. The van der Waals surface area contributed by atoms with Crippen LogP contribution in [0.4, 0.5) is 0 Å². The van der Waals surface area contributed by atoms with Crippen LogP contribution in [0.25, 0.3) is 0 Å². The van der Waals surface area contributed by atoms with Gasteiger partial charge in [0.25, 0.3) is 5.91 Å². The lowest BCUT2D eigenvalue weighted by Gasteiger charge is -2.14. The minimum atomic E-state index is -0.644. The molecule has 1 atom stereocenters. The first-order valence-electron chi connectivity index (χ1n) is 4.91. The lowest BCUT2D eigenvalue weighted by Crippen LogP contribution is -2.43. The van der Waals surface area contributed by atoms with Gasteiger partial charge in [0, 0.05) is 18.4 Å². The van der Waals surface area contributed by atoms with E-state index in [1.807, 2.05) is 17.5 Å². The van der Waals surface area contributed by atoms with Gasteiger partial charge in [-0.2, -0.15) is 0 Å². The fourth-order valence-corrected chi connectivity index (χ4v) is 1.89. The monoisotopic (exact) mass is 244 g/mol. The van der Waals surface area contributed by atoms with Gasteiger partial charge in [0.1, 0.15) is 0 Å². The lowest BCUT2D eigenvalue weighted by molar-refractivity contribution is -0.136. The third-order valence-corrected chi connectivity index (χ3v) is 2.94. The second-order valence-electron chi connectivity index (χ2n) is 3.15. The minimum Gasteiger partial charge on any atom is -0.381 e. The van der Waals surface area contributed by atoms with Gasteiger partial charge in [0.05, 0.1) is 13.2 Å². The Balaban J connectivity index is 2.29. The van der Waals surface area contributed by atoms with E-state index in [2.05, 4.69) is 5.43 Å². The summed E-state index contributed by atoms with van der Waals surface area (Å²) in [7, 11) is 1.51. The first-order valence-corrected chi connectivity index (χ1v) is 5.79. The zero-order chi connectivity index (χ0) is 11.8. The molecule has 0 saturated carbocycles. The number of hydrogen-bond donors (Lipinski definition) is 2. The van der Waals surface area contributed by atoms with Crippen LogP contribution in [0.15, 0.2) is 17.5 Å². The molecule has 16 heavy (non-hydrogen) atoms. The van der Waals surface area contributed by atoms with Gasteiger partial charge >= 0.3 is 0 Å². The smallest absolute Gasteiger partial charge is 0.265 e. The van der Waals surface area contributed by atoms with Gasteiger partial charge in [-0.25, -0.2) is 5.84 Å². The number of hydrogen-bond acceptors (Lipinski definition) is 5. The summed E-state index contributed by atoms with van der Waals surface area (Å²) < 4.78 is 10.3. The van der Waals surface area contributed by atoms with Crippen molar-refractivity contribution >= 4 is 17.2 Å². The third-order valence-electron chi connectivity index (χ3n) is 2.00. The van der Waals surface area contributed by atoms with Crippen molar-refractivity contribution in [1.29, 1.82) is 0 Å². The molecule has 0 saturated heterocycles. The van der Waals surface area contributed by atoms with Gasteiger partial charge in [-0.1, -0.05) is 6.07 Å². The normalized spacial score (nSPS) is 12.4. The van der Waals surface area contributed by atoms with Crippen molar-refractivity contribution in [2.24, 2.45) is 5.84 Å². The molecule has 3 N–H and O–H groups in total. The SMILES string of the molecule is COCC(OCCc1cccs1)C(=O)NN. The van der Waals surface area contributed by atoms with E-state index in [0.717, 1.165) is 6.42 Å². The Bertz CT molecular complexity index is 303. The molecule has 5 nitrogen and oxygen atoms in total. The van der Waals surface area contributed by atoms with Crippen molar-refractivity contribution in [3.8, 4) is 0 Å². The fourth-order valence-electron chi connectivity index (χ4n) is 1.20. The summed E-state index contributed by atoms with van der Waals surface area (Å²) in [6.07, 6.45) is 0.144. The first kappa shape index (κ1) is 13.1. The molecular weight excluding hydrogens is 228 g/mol. The van der Waals surface area contributed by atoms with Crippen LogP contribution in [0.1, 0.15) is 4.88 Å². The maximum Gasteiger partial charge on any atom is 0.265 e. The fraction of sp³-hybridized carbons (Fsp3) is 0.500. The number of amides is 1. The zero-order valence-corrected chi connectivity index (χ0v) is 9.96. The van der Waals surface area contributed by atoms with E-state index in [4.69, 9.17) is 15.3 Å². The molecule has 1 aromatic rings. The Kier molecular flexibility index (Phi) is 6.02. The van der Waals surface area contributed by atoms with Gasteiger partial charge in [-0.05, 0) is 11.4 Å². The number of ether oxygens (including phenoxy) is 2. The average molecular weight is 244 g/mol. The van der Waals surface area contributed by atoms with E-state index in [0.29, 0.717) is 6.61 Å². The summed E-state index contributed by atoms with van der Waals surface area (Å²) in [5, 5.41) is 2.01. The van der Waals surface area contributed by atoms with Gasteiger partial charge in [0.15, 0.2) is 6.10 Å². The second-order valence-corrected chi connectivity index (χ2v) is 4.18. The summed E-state index contributed by atoms with van der Waals surface area (Å²) >= 11 is 1.67. The Morgan fingerprint density at radius 1 is 1.69 bits per heavy atom. The Morgan fingerprint density at radius 2 is 2.50 bits per heavy atom. The van der Waals surface area contributed by atoms with Crippen LogP contribution in [0, 0.1) is 0 Å². The molecular formula is C10H16N2O3S. The molecule has 0 spiro atoms. The Labute approximate surface area is 98.5 Å². The second kappa shape index (κ2) is 7.34. The highest BCUT2D eigenvalue weighted by atomic mass is 32.1. The molecule has 0 aliphatic carbocycles. The number of nitrogens with one attached hydrogen (secondary N) is 1. The summed E-state index contributed by atoms with van der Waals surface area (Å²) in [6, 6.07) is 4.02. The molecule has 0 fully saturated rings. The molecule has 0 bridgehead atoms. The molecule has 0 aliphatic rings. The highest BCUT2D eigenvalue weighted by Crippen LogP contribution is 2.09.